The predicted octanol–water partition coefficient (Wildman–Crippen LogP) is 4.40. The number of para-hydroxylation sites is 1. The molecule has 0 saturated heterocycles. The van der Waals surface area contributed by atoms with Crippen LogP contribution in [0.15, 0.2) is 54.6 Å². The third-order valence-corrected chi connectivity index (χ3v) is 3.72. The first-order valence-electron chi connectivity index (χ1n) is 6.93. The highest BCUT2D eigenvalue weighted by Crippen LogP contribution is 2.41. The Labute approximate surface area is 129 Å². The van der Waals surface area contributed by atoms with Crippen LogP contribution in [0.4, 0.5) is 0 Å². The van der Waals surface area contributed by atoms with E-state index in [-0.39, 0.29) is 0 Å². The zero-order valence-corrected chi connectivity index (χ0v) is 12.5. The van der Waals surface area contributed by atoms with Gasteiger partial charge in [-0.15, -0.1) is 0 Å². The van der Waals surface area contributed by atoms with Gasteiger partial charge in [-0.2, -0.15) is 5.26 Å². The second-order valence-corrected chi connectivity index (χ2v) is 4.86. The average molecular weight is 289 g/mol. The minimum absolute atomic E-state index is 0.651. The molecule has 0 aliphatic heterocycles. The second-order valence-electron chi connectivity index (χ2n) is 4.86. The molecule has 108 valence electrons. The minimum Gasteiger partial charge on any atom is -0.493 e. The molecule has 0 atom stereocenters. The molecule has 0 aromatic heterocycles. The Morgan fingerprint density at radius 3 is 2.18 bits per heavy atom. The number of benzene rings is 3. The van der Waals surface area contributed by atoms with Crippen molar-refractivity contribution in [3.8, 4) is 28.7 Å². The highest BCUT2D eigenvalue weighted by atomic mass is 16.5. The van der Waals surface area contributed by atoms with Crippen molar-refractivity contribution in [3.05, 3.63) is 60.2 Å². The Kier molecular flexibility index (Phi) is 3.67. The van der Waals surface area contributed by atoms with E-state index in [2.05, 4.69) is 6.07 Å². The molecule has 0 radical (unpaired) electrons. The number of ether oxygens (including phenoxy) is 2. The molecule has 0 N–H and O–H groups in total. The number of nitriles is 1. The molecule has 0 unspecified atom stereocenters. The number of fused-ring (bicyclic) bond motifs is 1. The first-order valence-corrected chi connectivity index (χ1v) is 6.93. The topological polar surface area (TPSA) is 42.2 Å². The normalized spacial score (nSPS) is 10.2. The van der Waals surface area contributed by atoms with Gasteiger partial charge >= 0.3 is 0 Å². The van der Waals surface area contributed by atoms with E-state index in [0.717, 1.165) is 21.9 Å². The van der Waals surface area contributed by atoms with Crippen LogP contribution in [0, 0.1) is 11.3 Å². The maximum atomic E-state index is 9.43. The van der Waals surface area contributed by atoms with E-state index in [4.69, 9.17) is 9.47 Å². The van der Waals surface area contributed by atoms with Crippen molar-refractivity contribution in [1.82, 2.24) is 0 Å². The van der Waals surface area contributed by atoms with Crippen molar-refractivity contribution in [2.75, 3.05) is 14.2 Å². The standard InChI is InChI=1S/C19H15NO2/c1-21-17-11-5-10-16(19(17)22-2)15-9-4-7-13-6-3-8-14(12-20)18(13)15/h3-11H,1-2H3. The van der Waals surface area contributed by atoms with Crippen LogP contribution < -0.4 is 9.47 Å². The van der Waals surface area contributed by atoms with E-state index in [1.54, 1.807) is 14.2 Å². The summed E-state index contributed by atoms with van der Waals surface area (Å²) < 4.78 is 10.9. The zero-order chi connectivity index (χ0) is 15.5. The molecule has 0 aliphatic rings. The monoisotopic (exact) mass is 289 g/mol. The summed E-state index contributed by atoms with van der Waals surface area (Å²) in [4.78, 5) is 0. The molecule has 0 saturated carbocycles. The van der Waals surface area contributed by atoms with E-state index in [1.165, 1.54) is 0 Å². The fourth-order valence-corrected chi connectivity index (χ4v) is 2.76. The maximum Gasteiger partial charge on any atom is 0.168 e. The van der Waals surface area contributed by atoms with Gasteiger partial charge < -0.3 is 9.47 Å². The lowest BCUT2D eigenvalue weighted by Gasteiger charge is -2.15. The van der Waals surface area contributed by atoms with Crippen molar-refractivity contribution >= 4 is 10.8 Å². The zero-order valence-electron chi connectivity index (χ0n) is 12.5. The highest BCUT2D eigenvalue weighted by Gasteiger charge is 2.15. The number of hydrogen-bond acceptors (Lipinski definition) is 3. The van der Waals surface area contributed by atoms with E-state index in [9.17, 15) is 5.26 Å². The Morgan fingerprint density at radius 1 is 0.818 bits per heavy atom. The third kappa shape index (κ3) is 2.15. The van der Waals surface area contributed by atoms with Crippen LogP contribution in [0.3, 0.4) is 0 Å². The van der Waals surface area contributed by atoms with Crippen LogP contribution in [0.1, 0.15) is 5.56 Å². The van der Waals surface area contributed by atoms with Gasteiger partial charge in [0.1, 0.15) is 0 Å². The van der Waals surface area contributed by atoms with Gasteiger partial charge in [-0.1, -0.05) is 42.5 Å². The van der Waals surface area contributed by atoms with Gasteiger partial charge in [-0.3, -0.25) is 0 Å². The summed E-state index contributed by atoms with van der Waals surface area (Å²) >= 11 is 0. The summed E-state index contributed by atoms with van der Waals surface area (Å²) in [6.45, 7) is 0. The van der Waals surface area contributed by atoms with E-state index in [1.807, 2.05) is 54.6 Å². The molecule has 0 heterocycles. The molecule has 0 spiro atoms. The van der Waals surface area contributed by atoms with E-state index in [0.29, 0.717) is 17.1 Å². The fourth-order valence-electron chi connectivity index (χ4n) is 2.76. The highest BCUT2D eigenvalue weighted by molar-refractivity contribution is 6.01. The molecular formula is C19H15NO2. The van der Waals surface area contributed by atoms with Gasteiger partial charge in [-0.05, 0) is 23.1 Å². The van der Waals surface area contributed by atoms with Crippen molar-refractivity contribution in [1.29, 1.82) is 5.26 Å². The molecule has 3 rings (SSSR count). The summed E-state index contributed by atoms with van der Waals surface area (Å²) in [5.41, 5.74) is 2.53. The molecule has 0 amide bonds. The van der Waals surface area contributed by atoms with E-state index >= 15 is 0 Å². The van der Waals surface area contributed by atoms with Crippen molar-refractivity contribution in [3.63, 3.8) is 0 Å². The SMILES string of the molecule is COc1cccc(-c2cccc3cccc(C#N)c23)c1OC. The lowest BCUT2D eigenvalue weighted by Crippen LogP contribution is -1.94. The Hall–Kier alpha value is -2.99. The smallest absolute Gasteiger partial charge is 0.168 e. The molecule has 3 aromatic rings. The van der Waals surface area contributed by atoms with Gasteiger partial charge in [0.2, 0.25) is 0 Å². The van der Waals surface area contributed by atoms with Gasteiger partial charge in [0.25, 0.3) is 0 Å². The van der Waals surface area contributed by atoms with Crippen molar-refractivity contribution in [2.24, 2.45) is 0 Å². The Morgan fingerprint density at radius 2 is 1.50 bits per heavy atom. The number of rotatable bonds is 3. The number of nitrogens with zero attached hydrogens (tertiary/aromatic N) is 1. The first-order chi connectivity index (χ1) is 10.8. The molecule has 3 heteroatoms. The van der Waals surface area contributed by atoms with Crippen LogP contribution in [-0.4, -0.2) is 14.2 Å². The lowest BCUT2D eigenvalue weighted by atomic mass is 9.94. The molecular weight excluding hydrogens is 274 g/mol. The summed E-state index contributed by atoms with van der Waals surface area (Å²) in [5, 5.41) is 11.4. The Balaban J connectivity index is 2.39. The largest absolute Gasteiger partial charge is 0.493 e. The van der Waals surface area contributed by atoms with Gasteiger partial charge in [0, 0.05) is 10.9 Å². The minimum atomic E-state index is 0.651. The third-order valence-electron chi connectivity index (χ3n) is 3.72. The van der Waals surface area contributed by atoms with Crippen LogP contribution >= 0.6 is 0 Å². The molecule has 0 fully saturated rings. The molecule has 0 bridgehead atoms. The van der Waals surface area contributed by atoms with Crippen LogP contribution in [0.5, 0.6) is 11.5 Å². The summed E-state index contributed by atoms with van der Waals surface area (Å²) in [7, 11) is 3.24. The number of hydrogen-bond donors (Lipinski definition) is 0. The lowest BCUT2D eigenvalue weighted by molar-refractivity contribution is 0.356. The van der Waals surface area contributed by atoms with Crippen LogP contribution in [0.25, 0.3) is 21.9 Å². The molecule has 22 heavy (non-hydrogen) atoms. The fraction of sp³-hybridized carbons (Fsp3) is 0.105. The van der Waals surface area contributed by atoms with Gasteiger partial charge in [0.05, 0.1) is 25.9 Å². The second kappa shape index (κ2) is 5.79. The van der Waals surface area contributed by atoms with Crippen molar-refractivity contribution in [2.45, 2.75) is 0 Å². The van der Waals surface area contributed by atoms with E-state index < -0.39 is 0 Å². The Bertz CT molecular complexity index is 873. The van der Waals surface area contributed by atoms with Crippen LogP contribution in [0.2, 0.25) is 0 Å². The first kappa shape index (κ1) is 14.0. The summed E-state index contributed by atoms with van der Waals surface area (Å²) in [6.07, 6.45) is 0. The maximum absolute atomic E-state index is 9.43. The molecule has 3 nitrogen and oxygen atoms in total. The van der Waals surface area contributed by atoms with Crippen molar-refractivity contribution < 1.29 is 9.47 Å². The van der Waals surface area contributed by atoms with Gasteiger partial charge in [-0.25, -0.2) is 0 Å². The quantitative estimate of drug-likeness (QED) is 0.718. The summed E-state index contributed by atoms with van der Waals surface area (Å²) in [5.74, 6) is 1.34. The molecule has 3 aromatic carbocycles. The number of methoxy groups -OCH3 is 2. The predicted molar refractivity (Wildman–Crippen MR) is 87.2 cm³/mol. The average Bonchev–Trinajstić information content (AvgIpc) is 2.59. The van der Waals surface area contributed by atoms with Gasteiger partial charge in [0.15, 0.2) is 11.5 Å². The van der Waals surface area contributed by atoms with Crippen LogP contribution in [-0.2, 0) is 0 Å². The molecule has 0 aliphatic carbocycles. The summed E-state index contributed by atoms with van der Waals surface area (Å²) in [6, 6.07) is 19.8.